The summed E-state index contributed by atoms with van der Waals surface area (Å²) in [4.78, 5) is 48.5. The van der Waals surface area contributed by atoms with Gasteiger partial charge in [-0.25, -0.2) is 4.57 Å². The summed E-state index contributed by atoms with van der Waals surface area (Å²) in [7, 11) is -4.76. The number of rotatable bonds is 54. The number of carbonyl (C=O) groups excluding carboxylic acids is 3. The zero-order chi connectivity index (χ0) is 52.7. The fourth-order valence-electron chi connectivity index (χ4n) is 7.99. The molecule has 0 bridgehead atoms. The van der Waals surface area contributed by atoms with Gasteiger partial charge in [-0.3, -0.25) is 23.4 Å². The van der Waals surface area contributed by atoms with Gasteiger partial charge in [-0.2, -0.15) is 0 Å². The van der Waals surface area contributed by atoms with Gasteiger partial charge in [0, 0.05) is 19.3 Å². The summed E-state index contributed by atoms with van der Waals surface area (Å²) in [5, 5.41) is 9.81. The average molecular weight is 1040 g/mol. The van der Waals surface area contributed by atoms with E-state index in [9.17, 15) is 28.9 Å². The Labute approximate surface area is 440 Å². The van der Waals surface area contributed by atoms with Gasteiger partial charge in [0.15, 0.2) is 6.10 Å². The van der Waals surface area contributed by atoms with E-state index in [0.29, 0.717) is 19.3 Å². The first-order valence-electron chi connectivity index (χ1n) is 29.2. The predicted molar refractivity (Wildman–Crippen MR) is 298 cm³/mol. The third kappa shape index (κ3) is 52.1. The zero-order valence-electron chi connectivity index (χ0n) is 46.1. The quantitative estimate of drug-likeness (QED) is 0.0197. The molecule has 0 aromatic carbocycles. The number of phosphoric acid groups is 1. The van der Waals surface area contributed by atoms with Crippen LogP contribution >= 0.6 is 7.82 Å². The van der Waals surface area contributed by atoms with Gasteiger partial charge in [-0.05, 0) is 83.5 Å². The van der Waals surface area contributed by atoms with Crippen molar-refractivity contribution in [3.63, 3.8) is 0 Å². The number of allylic oxidation sites excluding steroid dienone is 10. The van der Waals surface area contributed by atoms with E-state index in [0.717, 1.165) is 103 Å². The lowest BCUT2D eigenvalue weighted by atomic mass is 10.0. The molecule has 0 saturated heterocycles. The molecular formula is C60H107O11P. The second-order valence-corrected chi connectivity index (χ2v) is 20.9. The number of hydrogen-bond donors (Lipinski definition) is 2. The molecule has 3 atom stereocenters. The number of phosphoric ester groups is 1. The Kier molecular flexibility index (Phi) is 52.3. The molecule has 0 aromatic rings. The third-order valence-corrected chi connectivity index (χ3v) is 13.4. The Balaban J connectivity index is 4.72. The summed E-state index contributed by atoms with van der Waals surface area (Å²) >= 11 is 0. The highest BCUT2D eigenvalue weighted by Gasteiger charge is 2.28. The third-order valence-electron chi connectivity index (χ3n) is 12.4. The van der Waals surface area contributed by atoms with Crippen LogP contribution in [-0.2, 0) is 42.2 Å². The number of esters is 3. The molecule has 0 aliphatic rings. The van der Waals surface area contributed by atoms with Gasteiger partial charge in [-0.1, -0.05) is 223 Å². The SMILES string of the molecule is CC/C=C\C/C=C\C/C=C\CCCCCC(=O)OCC(COP(=O)(O)OCC(CO)OC(=O)CCCCCCC/C=C\C/C=C\CCCCC)OC(=O)CCCCCCCCCCCCCCCCCCC. The molecule has 12 heteroatoms. The van der Waals surface area contributed by atoms with Crippen LogP contribution in [0.2, 0.25) is 0 Å². The van der Waals surface area contributed by atoms with Crippen molar-refractivity contribution in [3.05, 3.63) is 60.8 Å². The van der Waals surface area contributed by atoms with Gasteiger partial charge in [0.25, 0.3) is 0 Å². The Morgan fingerprint density at radius 1 is 0.403 bits per heavy atom. The predicted octanol–water partition coefficient (Wildman–Crippen LogP) is 17.1. The molecule has 0 fully saturated rings. The topological polar surface area (TPSA) is 155 Å². The van der Waals surface area contributed by atoms with Gasteiger partial charge < -0.3 is 24.2 Å². The molecule has 0 heterocycles. The van der Waals surface area contributed by atoms with E-state index in [1.54, 1.807) is 0 Å². The monoisotopic (exact) mass is 1030 g/mol. The molecule has 0 spiro atoms. The Morgan fingerprint density at radius 2 is 0.722 bits per heavy atom. The van der Waals surface area contributed by atoms with Gasteiger partial charge in [0.05, 0.1) is 19.8 Å². The van der Waals surface area contributed by atoms with E-state index in [1.807, 2.05) is 0 Å². The van der Waals surface area contributed by atoms with Crippen LogP contribution in [0, 0.1) is 0 Å². The van der Waals surface area contributed by atoms with Crippen LogP contribution in [0.1, 0.15) is 265 Å². The highest BCUT2D eigenvalue weighted by Crippen LogP contribution is 2.43. The highest BCUT2D eigenvalue weighted by atomic mass is 31.2. The van der Waals surface area contributed by atoms with Crippen molar-refractivity contribution >= 4 is 25.7 Å². The van der Waals surface area contributed by atoms with E-state index in [4.69, 9.17) is 23.3 Å². The molecule has 0 aliphatic heterocycles. The molecule has 0 rings (SSSR count). The van der Waals surface area contributed by atoms with Crippen LogP contribution in [0.5, 0.6) is 0 Å². The van der Waals surface area contributed by atoms with E-state index in [1.165, 1.54) is 103 Å². The second-order valence-electron chi connectivity index (χ2n) is 19.4. The fraction of sp³-hybridized carbons (Fsp3) is 0.783. The van der Waals surface area contributed by atoms with Crippen molar-refractivity contribution in [3.8, 4) is 0 Å². The first-order valence-corrected chi connectivity index (χ1v) is 30.7. The number of aliphatic hydroxyl groups excluding tert-OH is 1. The minimum absolute atomic E-state index is 0.159. The van der Waals surface area contributed by atoms with E-state index < -0.39 is 57.8 Å². The normalized spacial score (nSPS) is 13.8. The minimum Gasteiger partial charge on any atom is -0.462 e. The van der Waals surface area contributed by atoms with Crippen LogP contribution in [0.25, 0.3) is 0 Å². The maximum absolute atomic E-state index is 12.9. The van der Waals surface area contributed by atoms with Gasteiger partial charge >= 0.3 is 25.7 Å². The Hall–Kier alpha value is -2.82. The lowest BCUT2D eigenvalue weighted by Crippen LogP contribution is -2.30. The maximum atomic E-state index is 12.9. The second kappa shape index (κ2) is 54.4. The van der Waals surface area contributed by atoms with Crippen molar-refractivity contribution in [1.29, 1.82) is 0 Å². The van der Waals surface area contributed by atoms with Gasteiger partial charge in [-0.15, -0.1) is 0 Å². The van der Waals surface area contributed by atoms with E-state index in [2.05, 4.69) is 81.5 Å². The Bertz CT molecular complexity index is 1440. The van der Waals surface area contributed by atoms with Crippen molar-refractivity contribution in [2.45, 2.75) is 277 Å². The van der Waals surface area contributed by atoms with Crippen molar-refractivity contribution in [1.82, 2.24) is 0 Å². The number of unbranched alkanes of at least 4 members (excludes halogenated alkanes) is 27. The summed E-state index contributed by atoms with van der Waals surface area (Å²) in [6.07, 6.45) is 58.9. The molecule has 0 amide bonds. The zero-order valence-corrected chi connectivity index (χ0v) is 47.0. The molecule has 0 radical (unpaired) electrons. The standard InChI is InChI=1S/C60H107O11P/c1-4-7-10-13-16-19-22-25-27-28-30-33-36-39-42-45-48-51-60(64)71-57(53-67-58(62)49-46-43-40-37-34-31-24-21-18-15-12-9-6-3)55-69-72(65,66)68-54-56(52-61)70-59(63)50-47-44-41-38-35-32-29-26-23-20-17-14-11-8-5-2/h9,12,17-18,20-21,26,29,31,34,56-57,61H,4-8,10-11,13-16,19,22-25,27-28,30,32-33,35-55H2,1-3H3,(H,65,66)/b12-9-,20-17-,21-18-,29-26-,34-31-. The molecule has 72 heavy (non-hydrogen) atoms. The first-order chi connectivity index (χ1) is 35.2. The molecule has 0 aliphatic carbocycles. The summed E-state index contributed by atoms with van der Waals surface area (Å²) in [5.74, 6) is -1.50. The van der Waals surface area contributed by atoms with Crippen LogP contribution in [0.3, 0.4) is 0 Å². The molecule has 418 valence electrons. The summed E-state index contributed by atoms with van der Waals surface area (Å²) < 4.78 is 39.5. The van der Waals surface area contributed by atoms with Crippen molar-refractivity contribution < 1.29 is 52.2 Å². The van der Waals surface area contributed by atoms with Gasteiger partial charge in [0.2, 0.25) is 0 Å². The molecular weight excluding hydrogens is 928 g/mol. The van der Waals surface area contributed by atoms with E-state index in [-0.39, 0.29) is 25.9 Å². The van der Waals surface area contributed by atoms with Crippen LogP contribution in [0.4, 0.5) is 0 Å². The van der Waals surface area contributed by atoms with Crippen LogP contribution < -0.4 is 0 Å². The fourth-order valence-corrected chi connectivity index (χ4v) is 8.77. The minimum atomic E-state index is -4.76. The smallest absolute Gasteiger partial charge is 0.462 e. The van der Waals surface area contributed by atoms with E-state index >= 15 is 0 Å². The average Bonchev–Trinajstić information content (AvgIpc) is 3.37. The number of ether oxygens (including phenoxy) is 3. The maximum Gasteiger partial charge on any atom is 0.472 e. The summed E-state index contributed by atoms with van der Waals surface area (Å²) in [5.41, 5.74) is 0. The molecule has 0 aromatic heterocycles. The molecule has 3 unspecified atom stereocenters. The largest absolute Gasteiger partial charge is 0.472 e. The summed E-state index contributed by atoms with van der Waals surface area (Å²) in [6, 6.07) is 0. The number of carbonyl (C=O) groups is 3. The van der Waals surface area contributed by atoms with Crippen LogP contribution in [-0.4, -0.2) is 66.5 Å². The lowest BCUT2D eigenvalue weighted by molar-refractivity contribution is -0.161. The molecule has 11 nitrogen and oxygen atoms in total. The van der Waals surface area contributed by atoms with Crippen LogP contribution in [0.15, 0.2) is 60.8 Å². The van der Waals surface area contributed by atoms with Crippen molar-refractivity contribution in [2.75, 3.05) is 26.4 Å². The number of aliphatic hydroxyl groups is 1. The molecule has 0 saturated carbocycles. The van der Waals surface area contributed by atoms with Gasteiger partial charge in [0.1, 0.15) is 12.7 Å². The summed E-state index contributed by atoms with van der Waals surface area (Å²) in [6.45, 7) is 4.48. The highest BCUT2D eigenvalue weighted by molar-refractivity contribution is 7.47. The number of hydrogen-bond acceptors (Lipinski definition) is 10. The lowest BCUT2D eigenvalue weighted by Gasteiger charge is -2.21. The van der Waals surface area contributed by atoms with Crippen molar-refractivity contribution in [2.24, 2.45) is 0 Å². The molecule has 2 N–H and O–H groups in total. The first kappa shape index (κ1) is 69.2. The Morgan fingerprint density at radius 3 is 1.15 bits per heavy atom.